The van der Waals surface area contributed by atoms with E-state index in [-0.39, 0.29) is 11.8 Å². The number of methoxy groups -OCH3 is 1. The van der Waals surface area contributed by atoms with E-state index in [9.17, 15) is 4.79 Å². The maximum absolute atomic E-state index is 12.1. The number of anilines is 1. The van der Waals surface area contributed by atoms with E-state index in [1.54, 1.807) is 7.11 Å². The topological polar surface area (TPSA) is 50.4 Å². The normalized spacial score (nSPS) is 19.3. The predicted molar refractivity (Wildman–Crippen MR) is 72.0 cm³/mol. The lowest BCUT2D eigenvalue weighted by atomic mass is 9.98. The van der Waals surface area contributed by atoms with Gasteiger partial charge in [-0.15, -0.1) is 0 Å². The molecular weight excluding hydrogens is 228 g/mol. The first-order chi connectivity index (χ1) is 8.70. The van der Waals surface area contributed by atoms with Gasteiger partial charge in [-0.25, -0.2) is 0 Å². The third kappa shape index (κ3) is 3.01. The van der Waals surface area contributed by atoms with E-state index in [2.05, 4.69) is 10.6 Å². The molecule has 98 valence electrons. The lowest BCUT2D eigenvalue weighted by molar-refractivity contribution is -0.120. The van der Waals surface area contributed by atoms with Crippen LogP contribution in [0.15, 0.2) is 18.2 Å². The summed E-state index contributed by atoms with van der Waals surface area (Å²) in [7, 11) is 1.62. The Morgan fingerprint density at radius 3 is 3.00 bits per heavy atom. The molecule has 0 saturated carbocycles. The van der Waals surface area contributed by atoms with Gasteiger partial charge in [-0.3, -0.25) is 4.79 Å². The Morgan fingerprint density at radius 2 is 2.33 bits per heavy atom. The summed E-state index contributed by atoms with van der Waals surface area (Å²) in [6.45, 7) is 3.77. The van der Waals surface area contributed by atoms with E-state index >= 15 is 0 Å². The second-order valence-electron chi connectivity index (χ2n) is 4.74. The number of carbonyl (C=O) groups is 1. The van der Waals surface area contributed by atoms with Crippen LogP contribution in [-0.2, 0) is 4.79 Å². The lowest BCUT2D eigenvalue weighted by Gasteiger charge is -2.22. The fraction of sp³-hybridized carbons (Fsp3) is 0.500. The van der Waals surface area contributed by atoms with E-state index in [1.807, 2.05) is 25.1 Å². The van der Waals surface area contributed by atoms with Crippen molar-refractivity contribution in [3.63, 3.8) is 0 Å². The molecule has 0 unspecified atom stereocenters. The van der Waals surface area contributed by atoms with Crippen molar-refractivity contribution in [1.82, 2.24) is 5.32 Å². The first-order valence-corrected chi connectivity index (χ1v) is 6.37. The molecule has 1 heterocycles. The number of carbonyl (C=O) groups excluding carboxylic acids is 1. The molecule has 0 aliphatic carbocycles. The van der Waals surface area contributed by atoms with E-state index in [4.69, 9.17) is 4.74 Å². The van der Waals surface area contributed by atoms with Crippen molar-refractivity contribution in [1.29, 1.82) is 0 Å². The molecule has 0 aromatic heterocycles. The Morgan fingerprint density at radius 1 is 1.50 bits per heavy atom. The van der Waals surface area contributed by atoms with Crippen molar-refractivity contribution >= 4 is 11.6 Å². The molecule has 1 fully saturated rings. The fourth-order valence-corrected chi connectivity index (χ4v) is 2.21. The molecule has 4 nitrogen and oxygen atoms in total. The highest BCUT2D eigenvalue weighted by Gasteiger charge is 2.21. The number of amides is 1. The van der Waals surface area contributed by atoms with E-state index in [0.29, 0.717) is 5.75 Å². The third-order valence-electron chi connectivity index (χ3n) is 3.28. The van der Waals surface area contributed by atoms with Gasteiger partial charge >= 0.3 is 0 Å². The van der Waals surface area contributed by atoms with Crippen LogP contribution in [0.3, 0.4) is 0 Å². The van der Waals surface area contributed by atoms with E-state index in [0.717, 1.165) is 37.2 Å². The van der Waals surface area contributed by atoms with Gasteiger partial charge in [0.05, 0.1) is 18.7 Å². The molecule has 1 saturated heterocycles. The summed E-state index contributed by atoms with van der Waals surface area (Å²) in [6, 6.07) is 5.79. The molecule has 0 spiro atoms. The standard InChI is InChI=1S/C14H20N2O2/c1-10-5-6-12(13(8-10)18-2)16-14(17)11-4-3-7-15-9-11/h5-6,8,11,15H,3-4,7,9H2,1-2H3,(H,16,17)/t11-/m1/s1. The lowest BCUT2D eigenvalue weighted by Crippen LogP contribution is -2.37. The van der Waals surface area contributed by atoms with Crippen molar-refractivity contribution in [2.24, 2.45) is 5.92 Å². The average Bonchev–Trinajstić information content (AvgIpc) is 2.41. The maximum atomic E-state index is 12.1. The Kier molecular flexibility index (Phi) is 4.20. The molecule has 4 heteroatoms. The molecule has 1 aromatic carbocycles. The van der Waals surface area contributed by atoms with Gasteiger partial charge in [0.25, 0.3) is 0 Å². The SMILES string of the molecule is COc1cc(C)ccc1NC(=O)[C@@H]1CCCNC1. The Balaban J connectivity index is 2.06. The summed E-state index contributed by atoms with van der Waals surface area (Å²) in [5.41, 5.74) is 1.86. The Labute approximate surface area is 108 Å². The van der Waals surface area contributed by atoms with Crippen LogP contribution in [0.1, 0.15) is 18.4 Å². The highest BCUT2D eigenvalue weighted by molar-refractivity contribution is 5.94. The number of hydrogen-bond donors (Lipinski definition) is 2. The van der Waals surface area contributed by atoms with Crippen molar-refractivity contribution < 1.29 is 9.53 Å². The molecule has 2 N–H and O–H groups in total. The van der Waals surface area contributed by atoms with Gasteiger partial charge in [0.15, 0.2) is 0 Å². The predicted octanol–water partition coefficient (Wildman–Crippen LogP) is 1.94. The second kappa shape index (κ2) is 5.87. The summed E-state index contributed by atoms with van der Waals surface area (Å²) < 4.78 is 5.28. The molecule has 1 amide bonds. The minimum Gasteiger partial charge on any atom is -0.495 e. The molecule has 18 heavy (non-hydrogen) atoms. The number of piperidine rings is 1. The van der Waals surface area contributed by atoms with Gasteiger partial charge in [0, 0.05) is 6.54 Å². The number of aryl methyl sites for hydroxylation is 1. The van der Waals surface area contributed by atoms with Crippen molar-refractivity contribution in [2.45, 2.75) is 19.8 Å². The van der Waals surface area contributed by atoms with Crippen molar-refractivity contribution in [3.05, 3.63) is 23.8 Å². The van der Waals surface area contributed by atoms with Gasteiger partial charge in [0.1, 0.15) is 5.75 Å². The highest BCUT2D eigenvalue weighted by atomic mass is 16.5. The largest absolute Gasteiger partial charge is 0.495 e. The second-order valence-corrected chi connectivity index (χ2v) is 4.74. The quantitative estimate of drug-likeness (QED) is 0.859. The molecule has 1 aliphatic heterocycles. The van der Waals surface area contributed by atoms with Gasteiger partial charge in [-0.05, 0) is 44.0 Å². The van der Waals surface area contributed by atoms with Crippen molar-refractivity contribution in [3.8, 4) is 5.75 Å². The highest BCUT2D eigenvalue weighted by Crippen LogP contribution is 2.26. The number of rotatable bonds is 3. The number of benzene rings is 1. The minimum atomic E-state index is 0.0600. The summed E-state index contributed by atoms with van der Waals surface area (Å²) in [6.07, 6.45) is 2.01. The molecule has 0 bridgehead atoms. The van der Waals surface area contributed by atoms with E-state index in [1.165, 1.54) is 0 Å². The van der Waals surface area contributed by atoms with Crippen LogP contribution in [0, 0.1) is 12.8 Å². The van der Waals surface area contributed by atoms with Crippen LogP contribution < -0.4 is 15.4 Å². The fourth-order valence-electron chi connectivity index (χ4n) is 2.21. The molecular formula is C14H20N2O2. The first-order valence-electron chi connectivity index (χ1n) is 6.37. The molecule has 1 aliphatic rings. The number of ether oxygens (including phenoxy) is 1. The van der Waals surface area contributed by atoms with Crippen LogP contribution in [0.4, 0.5) is 5.69 Å². The summed E-state index contributed by atoms with van der Waals surface area (Å²) in [5, 5.41) is 6.20. The van der Waals surface area contributed by atoms with Crippen LogP contribution in [0.25, 0.3) is 0 Å². The molecule has 2 rings (SSSR count). The average molecular weight is 248 g/mol. The van der Waals surface area contributed by atoms with Crippen LogP contribution in [0.2, 0.25) is 0 Å². The zero-order chi connectivity index (χ0) is 13.0. The summed E-state index contributed by atoms with van der Waals surface area (Å²) >= 11 is 0. The number of hydrogen-bond acceptors (Lipinski definition) is 3. The molecule has 1 atom stereocenters. The zero-order valence-corrected chi connectivity index (χ0v) is 11.0. The molecule has 0 radical (unpaired) electrons. The van der Waals surface area contributed by atoms with Gasteiger partial charge in [-0.1, -0.05) is 6.07 Å². The summed E-state index contributed by atoms with van der Waals surface area (Å²) in [5.74, 6) is 0.848. The molecule has 1 aromatic rings. The third-order valence-corrected chi connectivity index (χ3v) is 3.28. The monoisotopic (exact) mass is 248 g/mol. The number of nitrogens with one attached hydrogen (secondary N) is 2. The van der Waals surface area contributed by atoms with Gasteiger partial charge < -0.3 is 15.4 Å². The first kappa shape index (κ1) is 12.9. The van der Waals surface area contributed by atoms with Gasteiger partial charge in [-0.2, -0.15) is 0 Å². The van der Waals surface area contributed by atoms with Crippen LogP contribution >= 0.6 is 0 Å². The van der Waals surface area contributed by atoms with Crippen molar-refractivity contribution in [2.75, 3.05) is 25.5 Å². The minimum absolute atomic E-state index is 0.0600. The van der Waals surface area contributed by atoms with E-state index < -0.39 is 0 Å². The van der Waals surface area contributed by atoms with Crippen LogP contribution in [0.5, 0.6) is 5.75 Å². The van der Waals surface area contributed by atoms with Crippen LogP contribution in [-0.4, -0.2) is 26.1 Å². The Bertz CT molecular complexity index is 426. The summed E-state index contributed by atoms with van der Waals surface area (Å²) in [4.78, 5) is 12.1. The maximum Gasteiger partial charge on any atom is 0.228 e. The van der Waals surface area contributed by atoms with Gasteiger partial charge in [0.2, 0.25) is 5.91 Å². The zero-order valence-electron chi connectivity index (χ0n) is 11.0. The Hall–Kier alpha value is -1.55. The smallest absolute Gasteiger partial charge is 0.228 e.